The van der Waals surface area contributed by atoms with Crippen LogP contribution >= 0.6 is 0 Å². The van der Waals surface area contributed by atoms with E-state index in [9.17, 15) is 0 Å². The van der Waals surface area contributed by atoms with Crippen molar-refractivity contribution in [2.75, 3.05) is 6.54 Å². The molecule has 2 aliphatic rings. The van der Waals surface area contributed by atoms with Crippen molar-refractivity contribution in [2.45, 2.75) is 0 Å². The van der Waals surface area contributed by atoms with Crippen LogP contribution in [-0.2, 0) is 0 Å². The summed E-state index contributed by atoms with van der Waals surface area (Å²) in [4.78, 5) is 5.33. The van der Waals surface area contributed by atoms with Gasteiger partial charge in [-0.3, -0.25) is 0 Å². The van der Waals surface area contributed by atoms with E-state index in [1.54, 1.807) is 6.21 Å². The molecule has 0 aliphatic carbocycles. The van der Waals surface area contributed by atoms with Gasteiger partial charge < -0.3 is 4.84 Å². The summed E-state index contributed by atoms with van der Waals surface area (Å²) in [5.74, 6) is 0.828. The van der Waals surface area contributed by atoms with Crippen LogP contribution in [0.1, 0.15) is 5.56 Å². The topological polar surface area (TPSA) is 46.0 Å². The van der Waals surface area contributed by atoms with Gasteiger partial charge in [-0.25, -0.2) is 0 Å². The molecule has 0 saturated carbocycles. The van der Waals surface area contributed by atoms with Gasteiger partial charge in [-0.05, 0) is 12.1 Å². The predicted octanol–water partition coefficient (Wildman–Crippen LogP) is -0.669. The summed E-state index contributed by atoms with van der Waals surface area (Å²) in [5, 5.41) is 9.76. The maximum atomic E-state index is 5.33. The van der Waals surface area contributed by atoms with E-state index in [0.717, 1.165) is 28.4 Å². The maximum Gasteiger partial charge on any atom is 0.165 e. The van der Waals surface area contributed by atoms with Crippen LogP contribution < -0.4 is 20.9 Å². The van der Waals surface area contributed by atoms with E-state index in [1.165, 1.54) is 0 Å². The molecule has 1 aromatic rings. The van der Waals surface area contributed by atoms with Gasteiger partial charge in [0, 0.05) is 5.22 Å². The molecule has 0 saturated heterocycles. The monoisotopic (exact) mass is 173 g/mol. The highest BCUT2D eigenvalue weighted by Gasteiger charge is 2.12. The van der Waals surface area contributed by atoms with Crippen molar-refractivity contribution in [3.63, 3.8) is 0 Å². The molecule has 13 heavy (non-hydrogen) atoms. The summed E-state index contributed by atoms with van der Waals surface area (Å²) in [7, 11) is 0. The van der Waals surface area contributed by atoms with Crippen LogP contribution in [0.5, 0.6) is 5.75 Å². The lowest BCUT2D eigenvalue weighted by Crippen LogP contribution is -2.31. The maximum absolute atomic E-state index is 5.33. The van der Waals surface area contributed by atoms with E-state index >= 15 is 0 Å². The molecular weight excluding hydrogens is 166 g/mol. The number of nitrogens with zero attached hydrogens (tertiary/aromatic N) is 2. The van der Waals surface area contributed by atoms with Crippen LogP contribution in [0.4, 0.5) is 0 Å². The fraction of sp³-hybridized carbons (Fsp3) is 0.111. The normalized spacial score (nSPS) is 16.6. The molecule has 2 heterocycles. The molecule has 1 aromatic carbocycles. The first-order valence-corrected chi connectivity index (χ1v) is 4.09. The highest BCUT2D eigenvalue weighted by molar-refractivity contribution is 5.84. The molecule has 0 spiro atoms. The highest BCUT2D eigenvalue weighted by Crippen LogP contribution is 2.09. The molecule has 64 valence electrons. The fourth-order valence-electron chi connectivity index (χ4n) is 1.51. The zero-order chi connectivity index (χ0) is 8.67. The van der Waals surface area contributed by atoms with Crippen molar-refractivity contribution >= 4 is 12.3 Å². The van der Waals surface area contributed by atoms with Crippen molar-refractivity contribution in [2.24, 2.45) is 10.2 Å². The third-order valence-corrected chi connectivity index (χ3v) is 2.14. The van der Waals surface area contributed by atoms with Gasteiger partial charge in [-0.2, -0.15) is 15.7 Å². The summed E-state index contributed by atoms with van der Waals surface area (Å²) >= 11 is 0. The van der Waals surface area contributed by atoms with Gasteiger partial charge in [-0.1, -0.05) is 6.08 Å². The van der Waals surface area contributed by atoms with Crippen molar-refractivity contribution in [3.8, 4) is 5.75 Å². The van der Waals surface area contributed by atoms with E-state index in [2.05, 4.69) is 21.8 Å². The molecule has 0 unspecified atom stereocenters. The molecule has 4 heteroatoms. The Morgan fingerprint density at radius 1 is 1.38 bits per heavy atom. The quantitative estimate of drug-likeness (QED) is 0.565. The van der Waals surface area contributed by atoms with Gasteiger partial charge in [0.05, 0.1) is 23.7 Å². The Hall–Kier alpha value is -1.68. The second-order valence-corrected chi connectivity index (χ2v) is 2.92. The number of hydroxylamine groups is 1. The number of hydrogen-bond acceptors (Lipinski definition) is 4. The average Bonchev–Trinajstić information content (AvgIpc) is 2.65. The second-order valence-electron chi connectivity index (χ2n) is 2.92. The average molecular weight is 173 g/mol. The lowest BCUT2D eigenvalue weighted by atomic mass is 10.1. The van der Waals surface area contributed by atoms with Gasteiger partial charge in [0.1, 0.15) is 0 Å². The molecule has 4 nitrogen and oxygen atoms in total. The molecule has 0 bridgehead atoms. The van der Waals surface area contributed by atoms with Gasteiger partial charge in [0.25, 0.3) is 0 Å². The Kier molecular flexibility index (Phi) is 1.26. The number of rotatable bonds is 0. The molecule has 0 atom stereocenters. The molecule has 0 fully saturated rings. The van der Waals surface area contributed by atoms with Gasteiger partial charge in [0.15, 0.2) is 5.75 Å². The van der Waals surface area contributed by atoms with Gasteiger partial charge >= 0.3 is 0 Å². The summed E-state index contributed by atoms with van der Waals surface area (Å²) < 4.78 is 0. The minimum absolute atomic E-state index is 0.736. The molecule has 0 radical (unpaired) electrons. The van der Waals surface area contributed by atoms with Crippen molar-refractivity contribution in [1.82, 2.24) is 5.48 Å². The third-order valence-electron chi connectivity index (χ3n) is 2.14. The summed E-state index contributed by atoms with van der Waals surface area (Å²) in [6.45, 7) is 0.736. The lowest BCUT2D eigenvalue weighted by molar-refractivity contribution is 0.204. The first-order valence-electron chi connectivity index (χ1n) is 4.09. The number of hydrogen-bond donors (Lipinski definition) is 1. The highest BCUT2D eigenvalue weighted by atomic mass is 16.6. The Balaban J connectivity index is 2.43. The van der Waals surface area contributed by atoms with Crippen molar-refractivity contribution in [1.29, 1.82) is 0 Å². The molecular formula is C9H7N3O. The minimum Gasteiger partial charge on any atom is -0.407 e. The molecule has 3 rings (SSSR count). The van der Waals surface area contributed by atoms with E-state index in [0.29, 0.717) is 0 Å². The predicted molar refractivity (Wildman–Crippen MR) is 47.9 cm³/mol. The van der Waals surface area contributed by atoms with E-state index in [-0.39, 0.29) is 0 Å². The Bertz CT molecular complexity index is 504. The van der Waals surface area contributed by atoms with Gasteiger partial charge in [0.2, 0.25) is 0 Å². The number of fused-ring (bicyclic) bond motifs is 3. The molecule has 0 amide bonds. The van der Waals surface area contributed by atoms with Crippen molar-refractivity contribution < 1.29 is 4.84 Å². The standard InChI is InChI=1S/C9H7N3O/c1-2-8-7(5-10-12-8)9-6(1)3-4-11-13-9/h1-3,5,11H,4H2. The van der Waals surface area contributed by atoms with Crippen LogP contribution in [0, 0.1) is 0 Å². The molecule has 0 aromatic heterocycles. The van der Waals surface area contributed by atoms with Crippen LogP contribution in [0.3, 0.4) is 0 Å². The Labute approximate surface area is 74.2 Å². The van der Waals surface area contributed by atoms with Crippen LogP contribution in [0.2, 0.25) is 0 Å². The first kappa shape index (κ1) is 6.80. The first-order chi connectivity index (χ1) is 6.45. The zero-order valence-electron chi connectivity index (χ0n) is 6.82. The zero-order valence-corrected chi connectivity index (χ0v) is 6.82. The molecule has 1 N–H and O–H groups in total. The summed E-state index contributed by atoms with van der Waals surface area (Å²) in [6, 6.07) is 3.94. The number of benzene rings is 1. The summed E-state index contributed by atoms with van der Waals surface area (Å²) in [6.07, 6.45) is 3.79. The van der Waals surface area contributed by atoms with E-state index in [1.807, 2.05) is 12.1 Å². The van der Waals surface area contributed by atoms with Gasteiger partial charge in [-0.15, -0.1) is 0 Å². The lowest BCUT2D eigenvalue weighted by Gasteiger charge is -2.12. The van der Waals surface area contributed by atoms with E-state index < -0.39 is 0 Å². The number of nitrogens with one attached hydrogen (secondary N) is 1. The fourth-order valence-corrected chi connectivity index (χ4v) is 1.51. The van der Waals surface area contributed by atoms with Crippen LogP contribution in [0.15, 0.2) is 22.3 Å². The smallest absolute Gasteiger partial charge is 0.165 e. The molecule has 2 aliphatic heterocycles. The second kappa shape index (κ2) is 2.40. The minimum atomic E-state index is 0.736. The van der Waals surface area contributed by atoms with E-state index in [4.69, 9.17) is 4.84 Å². The van der Waals surface area contributed by atoms with Crippen LogP contribution in [0.25, 0.3) is 6.08 Å². The largest absolute Gasteiger partial charge is 0.407 e. The van der Waals surface area contributed by atoms with Crippen molar-refractivity contribution in [3.05, 3.63) is 28.3 Å². The summed E-state index contributed by atoms with van der Waals surface area (Å²) in [5.41, 5.74) is 3.77. The third kappa shape index (κ3) is 0.891. The Morgan fingerprint density at radius 3 is 3.38 bits per heavy atom. The SMILES string of the molecule is C1=NN=c2ccc3c(c21)ONCC=3. The Morgan fingerprint density at radius 2 is 2.38 bits per heavy atom. The van der Waals surface area contributed by atoms with Crippen LogP contribution in [-0.4, -0.2) is 12.8 Å².